The Morgan fingerprint density at radius 1 is 1.00 bits per heavy atom. The van der Waals surface area contributed by atoms with Crippen molar-refractivity contribution < 1.29 is 9.90 Å². The maximum atomic E-state index is 10.9. The van der Waals surface area contributed by atoms with Crippen LogP contribution in [0.3, 0.4) is 0 Å². The minimum atomic E-state index is -0.704. The molecule has 0 spiro atoms. The van der Waals surface area contributed by atoms with Crippen molar-refractivity contribution in [1.82, 2.24) is 14.9 Å². The van der Waals surface area contributed by atoms with Gasteiger partial charge >= 0.3 is 5.97 Å². The lowest BCUT2D eigenvalue weighted by Crippen LogP contribution is -2.26. The number of aromatic nitrogens is 2. The molecular formula is C21H29N3O2. The van der Waals surface area contributed by atoms with E-state index in [0.717, 1.165) is 56.7 Å². The average Bonchev–Trinajstić information content (AvgIpc) is 2.65. The van der Waals surface area contributed by atoms with E-state index in [-0.39, 0.29) is 6.42 Å². The van der Waals surface area contributed by atoms with Crippen LogP contribution >= 0.6 is 0 Å². The molecule has 26 heavy (non-hydrogen) atoms. The Morgan fingerprint density at radius 2 is 1.62 bits per heavy atom. The topological polar surface area (TPSA) is 66.3 Å². The summed E-state index contributed by atoms with van der Waals surface area (Å²) in [5, 5.41) is 8.97. The van der Waals surface area contributed by atoms with Gasteiger partial charge in [-0.15, -0.1) is 0 Å². The minimum Gasteiger partial charge on any atom is -0.481 e. The quantitative estimate of drug-likeness (QED) is 0.619. The van der Waals surface area contributed by atoms with Crippen LogP contribution in [0.5, 0.6) is 0 Å². The monoisotopic (exact) mass is 355 g/mol. The molecular weight excluding hydrogens is 326 g/mol. The lowest BCUT2D eigenvalue weighted by Gasteiger charge is -2.24. The van der Waals surface area contributed by atoms with Gasteiger partial charge in [0, 0.05) is 31.9 Å². The molecule has 5 heteroatoms. The first kappa shape index (κ1) is 20.0. The number of pyridine rings is 2. The molecule has 140 valence electrons. The lowest BCUT2D eigenvalue weighted by atomic mass is 9.94. The zero-order chi connectivity index (χ0) is 18.6. The van der Waals surface area contributed by atoms with Gasteiger partial charge in [0.15, 0.2) is 0 Å². The molecule has 5 nitrogen and oxygen atoms in total. The van der Waals surface area contributed by atoms with Crippen molar-refractivity contribution in [3.63, 3.8) is 0 Å². The normalized spacial score (nSPS) is 12.2. The SMILES string of the molecule is CCCC(CCC(=O)O)CCN(Cc1ccccn1)Cc1ccccn1. The van der Waals surface area contributed by atoms with E-state index >= 15 is 0 Å². The molecule has 0 aliphatic carbocycles. The van der Waals surface area contributed by atoms with E-state index < -0.39 is 5.97 Å². The fourth-order valence-electron chi connectivity index (χ4n) is 3.19. The van der Waals surface area contributed by atoms with Gasteiger partial charge < -0.3 is 5.11 Å². The Hall–Kier alpha value is -2.27. The van der Waals surface area contributed by atoms with Crippen LogP contribution in [0.15, 0.2) is 48.8 Å². The first-order valence-corrected chi connectivity index (χ1v) is 9.41. The third kappa shape index (κ3) is 7.74. The number of aliphatic carboxylic acids is 1. The second-order valence-electron chi connectivity index (χ2n) is 6.73. The van der Waals surface area contributed by atoms with Gasteiger partial charge in [-0.05, 0) is 49.6 Å². The number of hydrogen-bond donors (Lipinski definition) is 1. The molecule has 0 aliphatic heterocycles. The Labute approximate surface area is 156 Å². The van der Waals surface area contributed by atoms with Crippen LogP contribution in [-0.4, -0.2) is 32.5 Å². The molecule has 2 rings (SSSR count). The number of carbonyl (C=O) groups is 1. The van der Waals surface area contributed by atoms with E-state index in [4.69, 9.17) is 5.11 Å². The Kier molecular flexibility index (Phi) is 8.76. The van der Waals surface area contributed by atoms with Crippen LogP contribution in [0.4, 0.5) is 0 Å². The second-order valence-corrected chi connectivity index (χ2v) is 6.73. The zero-order valence-electron chi connectivity index (χ0n) is 15.6. The molecule has 0 aromatic carbocycles. The standard InChI is InChI=1S/C21H29N3O2/c1-2-7-18(10-11-21(25)26)12-15-24(16-19-8-3-5-13-22-19)17-20-9-4-6-14-23-20/h3-6,8-9,13-14,18H,2,7,10-12,15-17H2,1H3,(H,25,26). The first-order chi connectivity index (χ1) is 12.7. The van der Waals surface area contributed by atoms with Gasteiger partial charge in [-0.3, -0.25) is 19.7 Å². The number of carboxylic acids is 1. The van der Waals surface area contributed by atoms with Gasteiger partial charge in [0.05, 0.1) is 11.4 Å². The first-order valence-electron chi connectivity index (χ1n) is 9.41. The molecule has 0 radical (unpaired) electrons. The Bertz CT molecular complexity index is 593. The molecule has 0 fully saturated rings. The average molecular weight is 355 g/mol. The molecule has 0 aliphatic rings. The van der Waals surface area contributed by atoms with Crippen LogP contribution in [-0.2, 0) is 17.9 Å². The molecule has 2 heterocycles. The number of carboxylic acid groups (broad SMARTS) is 1. The van der Waals surface area contributed by atoms with Crippen LogP contribution < -0.4 is 0 Å². The van der Waals surface area contributed by atoms with Crippen molar-refractivity contribution in [2.45, 2.75) is 52.1 Å². The molecule has 0 bridgehead atoms. The number of rotatable bonds is 12. The highest BCUT2D eigenvalue weighted by atomic mass is 16.4. The summed E-state index contributed by atoms with van der Waals surface area (Å²) in [5.74, 6) is -0.254. The molecule has 1 unspecified atom stereocenters. The predicted molar refractivity (Wildman–Crippen MR) is 102 cm³/mol. The summed E-state index contributed by atoms with van der Waals surface area (Å²) in [4.78, 5) is 22.1. The largest absolute Gasteiger partial charge is 0.481 e. The summed E-state index contributed by atoms with van der Waals surface area (Å²) in [6.07, 6.45) is 7.82. The molecule has 0 amide bonds. The summed E-state index contributed by atoms with van der Waals surface area (Å²) in [5.41, 5.74) is 2.09. The highest BCUT2D eigenvalue weighted by Gasteiger charge is 2.14. The third-order valence-electron chi connectivity index (χ3n) is 4.54. The fraction of sp³-hybridized carbons (Fsp3) is 0.476. The van der Waals surface area contributed by atoms with Crippen molar-refractivity contribution in [3.05, 3.63) is 60.2 Å². The molecule has 2 aromatic rings. The van der Waals surface area contributed by atoms with Crippen LogP contribution in [0, 0.1) is 5.92 Å². The summed E-state index contributed by atoms with van der Waals surface area (Å²) < 4.78 is 0. The highest BCUT2D eigenvalue weighted by Crippen LogP contribution is 2.19. The molecule has 1 N–H and O–H groups in total. The van der Waals surface area contributed by atoms with Crippen LogP contribution in [0.25, 0.3) is 0 Å². The van der Waals surface area contributed by atoms with Gasteiger partial charge in [0.2, 0.25) is 0 Å². The van der Waals surface area contributed by atoms with Crippen LogP contribution in [0.1, 0.15) is 50.4 Å². The van der Waals surface area contributed by atoms with E-state index in [1.807, 2.05) is 48.8 Å². The number of nitrogens with zero attached hydrogens (tertiary/aromatic N) is 3. The lowest BCUT2D eigenvalue weighted by molar-refractivity contribution is -0.137. The maximum Gasteiger partial charge on any atom is 0.303 e. The summed E-state index contributed by atoms with van der Waals surface area (Å²) in [6.45, 7) is 4.62. The van der Waals surface area contributed by atoms with E-state index in [9.17, 15) is 4.79 Å². The molecule has 2 aromatic heterocycles. The summed E-state index contributed by atoms with van der Waals surface area (Å²) in [7, 11) is 0. The fourth-order valence-corrected chi connectivity index (χ4v) is 3.19. The van der Waals surface area contributed by atoms with Gasteiger partial charge in [-0.25, -0.2) is 0 Å². The van der Waals surface area contributed by atoms with Gasteiger partial charge in [0.1, 0.15) is 0 Å². The Morgan fingerprint density at radius 3 is 2.08 bits per heavy atom. The summed E-state index contributed by atoms with van der Waals surface area (Å²) >= 11 is 0. The van der Waals surface area contributed by atoms with Gasteiger partial charge in [-0.1, -0.05) is 31.9 Å². The van der Waals surface area contributed by atoms with Crippen molar-refractivity contribution in [2.75, 3.05) is 6.54 Å². The Balaban J connectivity index is 1.98. The third-order valence-corrected chi connectivity index (χ3v) is 4.54. The van der Waals surface area contributed by atoms with E-state index in [2.05, 4.69) is 21.8 Å². The van der Waals surface area contributed by atoms with E-state index in [0.29, 0.717) is 5.92 Å². The molecule has 0 saturated heterocycles. The smallest absolute Gasteiger partial charge is 0.303 e. The maximum absolute atomic E-state index is 10.9. The predicted octanol–water partition coefficient (Wildman–Crippen LogP) is 4.15. The van der Waals surface area contributed by atoms with Crippen molar-refractivity contribution >= 4 is 5.97 Å². The highest BCUT2D eigenvalue weighted by molar-refractivity contribution is 5.66. The van der Waals surface area contributed by atoms with E-state index in [1.54, 1.807) is 0 Å². The van der Waals surface area contributed by atoms with E-state index in [1.165, 1.54) is 0 Å². The van der Waals surface area contributed by atoms with Crippen molar-refractivity contribution in [3.8, 4) is 0 Å². The molecule has 1 atom stereocenters. The number of hydrogen-bond acceptors (Lipinski definition) is 4. The van der Waals surface area contributed by atoms with Crippen molar-refractivity contribution in [1.29, 1.82) is 0 Å². The zero-order valence-corrected chi connectivity index (χ0v) is 15.6. The van der Waals surface area contributed by atoms with Gasteiger partial charge in [-0.2, -0.15) is 0 Å². The molecule has 0 saturated carbocycles. The minimum absolute atomic E-state index is 0.255. The second kappa shape index (κ2) is 11.4. The van der Waals surface area contributed by atoms with Gasteiger partial charge in [0.25, 0.3) is 0 Å². The summed E-state index contributed by atoms with van der Waals surface area (Å²) in [6, 6.07) is 12.0. The van der Waals surface area contributed by atoms with Crippen LogP contribution in [0.2, 0.25) is 0 Å². The van der Waals surface area contributed by atoms with Crippen molar-refractivity contribution in [2.24, 2.45) is 5.92 Å².